The van der Waals surface area contributed by atoms with Crippen molar-refractivity contribution in [1.82, 2.24) is 20.1 Å². The number of anilines is 1. The topological polar surface area (TPSA) is 63.1 Å². The van der Waals surface area contributed by atoms with Gasteiger partial charge in [-0.2, -0.15) is 10.1 Å². The molecule has 3 heterocycles. The van der Waals surface area contributed by atoms with Crippen molar-refractivity contribution in [2.24, 2.45) is 5.92 Å². The number of aromatic nitrogens is 3. The van der Waals surface area contributed by atoms with Crippen LogP contribution in [0.15, 0.2) is 48.5 Å². The fourth-order valence-corrected chi connectivity index (χ4v) is 5.14. The van der Waals surface area contributed by atoms with Crippen molar-refractivity contribution in [2.45, 2.75) is 26.3 Å². The Morgan fingerprint density at radius 3 is 2.55 bits per heavy atom. The van der Waals surface area contributed by atoms with Gasteiger partial charge in [0.15, 0.2) is 10.8 Å². The number of thiazole rings is 1. The predicted molar refractivity (Wildman–Crippen MR) is 125 cm³/mol. The fourth-order valence-electron chi connectivity index (χ4n) is 4.12. The summed E-state index contributed by atoms with van der Waals surface area (Å²) >= 11 is 1.56. The lowest BCUT2D eigenvalue weighted by Gasteiger charge is -2.31. The summed E-state index contributed by atoms with van der Waals surface area (Å²) in [4.78, 5) is 19.8. The van der Waals surface area contributed by atoms with E-state index < -0.39 is 0 Å². The first-order valence-electron chi connectivity index (χ1n) is 10.9. The Labute approximate surface area is 193 Å². The molecule has 1 atom stereocenters. The zero-order valence-corrected chi connectivity index (χ0v) is 18.9. The molecule has 0 saturated carbocycles. The molecule has 1 N–H and O–H groups in total. The van der Waals surface area contributed by atoms with E-state index in [0.29, 0.717) is 13.1 Å². The van der Waals surface area contributed by atoms with Crippen LogP contribution in [-0.4, -0.2) is 33.8 Å². The first-order chi connectivity index (χ1) is 16.0. The number of hydrogen-bond donors (Lipinski definition) is 1. The third-order valence-corrected chi connectivity index (χ3v) is 7.11. The maximum absolute atomic E-state index is 13.3. The van der Waals surface area contributed by atoms with E-state index >= 15 is 0 Å². The number of hydrogen-bond acceptors (Lipinski definition) is 5. The third-order valence-electron chi connectivity index (χ3n) is 5.89. The second-order valence-corrected chi connectivity index (χ2v) is 9.23. The van der Waals surface area contributed by atoms with Gasteiger partial charge in [0.1, 0.15) is 11.6 Å². The van der Waals surface area contributed by atoms with Crippen LogP contribution in [0.25, 0.3) is 16.0 Å². The summed E-state index contributed by atoms with van der Waals surface area (Å²) in [7, 11) is 0. The molecule has 170 valence electrons. The van der Waals surface area contributed by atoms with Gasteiger partial charge in [-0.05, 0) is 61.7 Å². The maximum atomic E-state index is 13.3. The largest absolute Gasteiger partial charge is 0.352 e. The normalized spacial score (nSPS) is 16.3. The number of aryl methyl sites for hydroxylation is 1. The van der Waals surface area contributed by atoms with Crippen molar-refractivity contribution in [2.75, 3.05) is 18.0 Å². The summed E-state index contributed by atoms with van der Waals surface area (Å²) < 4.78 is 29.1. The number of nitrogens with zero attached hydrogens (tertiary/aromatic N) is 4. The summed E-state index contributed by atoms with van der Waals surface area (Å²) in [5.41, 5.74) is 3.22. The molecule has 0 aliphatic carbocycles. The lowest BCUT2D eigenvalue weighted by Crippen LogP contribution is -2.43. The van der Waals surface area contributed by atoms with Gasteiger partial charge in [0.25, 0.3) is 0 Å². The zero-order chi connectivity index (χ0) is 22.9. The monoisotopic (exact) mass is 467 g/mol. The smallest absolute Gasteiger partial charge is 0.225 e. The fraction of sp³-hybridized carbons (Fsp3) is 0.292. The SMILES string of the molecule is Cc1nn(-c2ccc(F)cc2)c2nc(N3CCCC(C(=O)NCc4ccc(F)cc4)C3)sc12. The maximum Gasteiger partial charge on any atom is 0.225 e. The van der Waals surface area contributed by atoms with Gasteiger partial charge in [-0.3, -0.25) is 4.79 Å². The van der Waals surface area contributed by atoms with E-state index in [9.17, 15) is 13.6 Å². The summed E-state index contributed by atoms with van der Waals surface area (Å²) in [5.74, 6) is -0.726. The molecule has 0 radical (unpaired) electrons. The average molecular weight is 468 g/mol. The van der Waals surface area contributed by atoms with Crippen LogP contribution in [0.5, 0.6) is 0 Å². The van der Waals surface area contributed by atoms with Crippen LogP contribution in [0.1, 0.15) is 24.1 Å². The quantitative estimate of drug-likeness (QED) is 0.466. The van der Waals surface area contributed by atoms with E-state index in [1.165, 1.54) is 24.3 Å². The number of fused-ring (bicyclic) bond motifs is 1. The van der Waals surface area contributed by atoms with Gasteiger partial charge < -0.3 is 10.2 Å². The van der Waals surface area contributed by atoms with Gasteiger partial charge in [-0.25, -0.2) is 13.5 Å². The molecule has 4 aromatic rings. The van der Waals surface area contributed by atoms with E-state index in [1.54, 1.807) is 40.3 Å². The second-order valence-electron chi connectivity index (χ2n) is 8.25. The van der Waals surface area contributed by atoms with Crippen LogP contribution in [0.3, 0.4) is 0 Å². The number of amides is 1. The Morgan fingerprint density at radius 1 is 1.12 bits per heavy atom. The molecule has 9 heteroatoms. The van der Waals surface area contributed by atoms with E-state index in [-0.39, 0.29) is 23.5 Å². The minimum absolute atomic E-state index is 0.00111. The molecular formula is C24H23F2N5OS. The van der Waals surface area contributed by atoms with Crippen LogP contribution in [0.4, 0.5) is 13.9 Å². The van der Waals surface area contributed by atoms with Crippen molar-refractivity contribution in [3.05, 3.63) is 71.4 Å². The highest BCUT2D eigenvalue weighted by Crippen LogP contribution is 2.34. The lowest BCUT2D eigenvalue weighted by molar-refractivity contribution is -0.125. The minimum Gasteiger partial charge on any atom is -0.352 e. The molecule has 6 nitrogen and oxygen atoms in total. The van der Waals surface area contributed by atoms with Crippen LogP contribution in [-0.2, 0) is 11.3 Å². The first-order valence-corrected chi connectivity index (χ1v) is 11.7. The summed E-state index contributed by atoms with van der Waals surface area (Å²) in [5, 5.41) is 8.41. The molecule has 1 aliphatic rings. The predicted octanol–water partition coefficient (Wildman–Crippen LogP) is 4.60. The van der Waals surface area contributed by atoms with Crippen LogP contribution >= 0.6 is 11.3 Å². The highest BCUT2D eigenvalue weighted by Gasteiger charge is 2.28. The van der Waals surface area contributed by atoms with Gasteiger partial charge in [-0.15, -0.1) is 0 Å². The average Bonchev–Trinajstić information content (AvgIpc) is 3.40. The zero-order valence-electron chi connectivity index (χ0n) is 18.1. The summed E-state index contributed by atoms with van der Waals surface area (Å²) in [6.07, 6.45) is 1.71. The van der Waals surface area contributed by atoms with Gasteiger partial charge in [0, 0.05) is 19.6 Å². The van der Waals surface area contributed by atoms with E-state index in [0.717, 1.165) is 51.8 Å². The number of piperidine rings is 1. The van der Waals surface area contributed by atoms with Gasteiger partial charge in [-0.1, -0.05) is 23.5 Å². The van der Waals surface area contributed by atoms with Crippen LogP contribution < -0.4 is 10.2 Å². The molecule has 2 aromatic heterocycles. The molecule has 5 rings (SSSR count). The molecule has 0 spiro atoms. The molecule has 1 saturated heterocycles. The van der Waals surface area contributed by atoms with E-state index in [4.69, 9.17) is 4.98 Å². The molecular weight excluding hydrogens is 444 g/mol. The molecule has 1 amide bonds. The lowest BCUT2D eigenvalue weighted by atomic mass is 9.97. The molecule has 0 bridgehead atoms. The Hall–Kier alpha value is -3.33. The summed E-state index contributed by atoms with van der Waals surface area (Å²) in [6.45, 7) is 3.74. The highest BCUT2D eigenvalue weighted by molar-refractivity contribution is 7.22. The Kier molecular flexibility index (Phi) is 5.80. The molecule has 2 aromatic carbocycles. The van der Waals surface area contributed by atoms with Gasteiger partial charge >= 0.3 is 0 Å². The van der Waals surface area contributed by atoms with Crippen molar-refractivity contribution in [3.63, 3.8) is 0 Å². The van der Waals surface area contributed by atoms with Crippen molar-refractivity contribution in [1.29, 1.82) is 0 Å². The number of benzene rings is 2. The Balaban J connectivity index is 1.31. The van der Waals surface area contributed by atoms with Crippen LogP contribution in [0.2, 0.25) is 0 Å². The molecule has 1 fully saturated rings. The van der Waals surface area contributed by atoms with Crippen molar-refractivity contribution >= 4 is 32.7 Å². The van der Waals surface area contributed by atoms with Gasteiger partial charge in [0.05, 0.1) is 22.0 Å². The van der Waals surface area contributed by atoms with E-state index in [2.05, 4.69) is 15.3 Å². The number of rotatable bonds is 5. The van der Waals surface area contributed by atoms with Crippen LogP contribution in [0, 0.1) is 24.5 Å². The standard InChI is InChI=1S/C24H23F2N5OS/c1-15-21-22(31(29-15)20-10-8-19(26)9-11-20)28-24(33-21)30-12-2-3-17(14-30)23(32)27-13-16-4-6-18(25)7-5-16/h4-11,17H,2-3,12-14H2,1H3,(H,27,32). The number of nitrogens with one attached hydrogen (secondary N) is 1. The number of carbonyl (C=O) groups is 1. The third kappa shape index (κ3) is 4.45. The molecule has 1 aliphatic heterocycles. The second kappa shape index (κ2) is 8.90. The number of halogens is 2. The highest BCUT2D eigenvalue weighted by atomic mass is 32.1. The Morgan fingerprint density at radius 2 is 1.82 bits per heavy atom. The Bertz CT molecular complexity index is 1280. The first kappa shape index (κ1) is 21.5. The molecule has 33 heavy (non-hydrogen) atoms. The van der Waals surface area contributed by atoms with Crippen molar-refractivity contribution in [3.8, 4) is 5.69 Å². The molecule has 1 unspecified atom stereocenters. The van der Waals surface area contributed by atoms with Crippen molar-refractivity contribution < 1.29 is 13.6 Å². The van der Waals surface area contributed by atoms with E-state index in [1.807, 2.05) is 6.92 Å². The summed E-state index contributed by atoms with van der Waals surface area (Å²) in [6, 6.07) is 12.3. The van der Waals surface area contributed by atoms with Gasteiger partial charge in [0.2, 0.25) is 5.91 Å². The number of carbonyl (C=O) groups excluding carboxylic acids is 1. The minimum atomic E-state index is -0.296.